The Morgan fingerprint density at radius 2 is 2.05 bits per heavy atom. The molecule has 8 heteroatoms. The quantitative estimate of drug-likeness (QED) is 0.825. The van der Waals surface area contributed by atoms with Crippen LogP contribution in [-0.4, -0.2) is 13.4 Å². The van der Waals surface area contributed by atoms with Gasteiger partial charge in [0.05, 0.1) is 0 Å². The molecule has 3 N–H and O–H groups in total. The van der Waals surface area contributed by atoms with E-state index in [2.05, 4.69) is 25.6 Å². The Labute approximate surface area is 124 Å². The van der Waals surface area contributed by atoms with Crippen LogP contribution in [0, 0.1) is 12.7 Å². The number of anilines is 2. The molecule has 1 aromatic carbocycles. The van der Waals surface area contributed by atoms with Gasteiger partial charge in [0, 0.05) is 15.9 Å². The predicted octanol–water partition coefficient (Wildman–Crippen LogP) is 2.67. The second-order valence-corrected chi connectivity index (χ2v) is 6.58. The molecule has 0 bridgehead atoms. The van der Waals surface area contributed by atoms with E-state index in [0.717, 1.165) is 12.1 Å². The number of nitrogens with one attached hydrogen (secondary N) is 1. The van der Waals surface area contributed by atoms with Gasteiger partial charge in [-0.1, -0.05) is 6.07 Å². The normalized spacial score (nSPS) is 11.3. The zero-order valence-corrected chi connectivity index (χ0v) is 12.8. The fourth-order valence-electron chi connectivity index (χ4n) is 1.54. The third-order valence-corrected chi connectivity index (χ3v) is 4.52. The topological polar surface area (TPSA) is 85.1 Å². The lowest BCUT2D eigenvalue weighted by molar-refractivity contribution is 0.570. The van der Waals surface area contributed by atoms with Crippen molar-refractivity contribution in [3.8, 4) is 0 Å². The molecule has 0 aliphatic carbocycles. The Bertz CT molecular complexity index is 765. The number of hydrogen-bond acceptors (Lipinski definition) is 4. The van der Waals surface area contributed by atoms with Gasteiger partial charge in [-0.25, -0.2) is 17.8 Å². The van der Waals surface area contributed by atoms with Gasteiger partial charge in [0.25, 0.3) is 10.0 Å². The maximum absolute atomic E-state index is 13.8. The molecule has 0 aliphatic heterocycles. The first kappa shape index (κ1) is 14.7. The Kier molecular flexibility index (Phi) is 3.96. The summed E-state index contributed by atoms with van der Waals surface area (Å²) in [5.41, 5.74) is 6.35. The number of hydrogen-bond donors (Lipinski definition) is 2. The second-order valence-electron chi connectivity index (χ2n) is 4.07. The third-order valence-electron chi connectivity index (χ3n) is 2.47. The van der Waals surface area contributed by atoms with Crippen molar-refractivity contribution in [2.75, 3.05) is 10.5 Å². The van der Waals surface area contributed by atoms with Crippen LogP contribution >= 0.6 is 15.9 Å². The van der Waals surface area contributed by atoms with E-state index < -0.39 is 20.7 Å². The lowest BCUT2D eigenvalue weighted by Crippen LogP contribution is -2.16. The molecular formula is C12H11BrFN3O2S. The maximum atomic E-state index is 13.8. The van der Waals surface area contributed by atoms with E-state index in [-0.39, 0.29) is 11.5 Å². The van der Waals surface area contributed by atoms with Gasteiger partial charge in [-0.05, 0) is 47.1 Å². The van der Waals surface area contributed by atoms with E-state index in [0.29, 0.717) is 10.2 Å². The minimum absolute atomic E-state index is 0.117. The van der Waals surface area contributed by atoms with Gasteiger partial charge in [-0.15, -0.1) is 0 Å². The maximum Gasteiger partial charge on any atom is 0.266 e. The molecule has 1 aromatic heterocycles. The van der Waals surface area contributed by atoms with Gasteiger partial charge in [0.1, 0.15) is 16.5 Å². The van der Waals surface area contributed by atoms with Crippen LogP contribution in [0.15, 0.2) is 39.7 Å². The number of aryl methyl sites for hydroxylation is 1. The largest absolute Gasteiger partial charge is 0.398 e. The van der Waals surface area contributed by atoms with Crippen LogP contribution in [0.1, 0.15) is 5.69 Å². The number of nitrogens with two attached hydrogens (primary N) is 1. The number of rotatable bonds is 3. The summed E-state index contributed by atoms with van der Waals surface area (Å²) in [7, 11) is -4.09. The monoisotopic (exact) mass is 359 g/mol. The number of aromatic nitrogens is 1. The van der Waals surface area contributed by atoms with Crippen LogP contribution in [0.2, 0.25) is 0 Å². The molecule has 2 aromatic rings. The van der Waals surface area contributed by atoms with E-state index in [9.17, 15) is 12.8 Å². The molecule has 0 saturated carbocycles. The van der Waals surface area contributed by atoms with Crippen LogP contribution < -0.4 is 10.5 Å². The van der Waals surface area contributed by atoms with Gasteiger partial charge >= 0.3 is 0 Å². The molecule has 0 atom stereocenters. The Hall–Kier alpha value is -1.67. The van der Waals surface area contributed by atoms with Crippen LogP contribution in [0.3, 0.4) is 0 Å². The molecule has 5 nitrogen and oxygen atoms in total. The number of benzene rings is 1. The number of sulfonamides is 1. The summed E-state index contributed by atoms with van der Waals surface area (Å²) >= 11 is 3.03. The van der Waals surface area contributed by atoms with Gasteiger partial charge in [-0.2, -0.15) is 0 Å². The van der Waals surface area contributed by atoms with E-state index in [1.807, 2.05) is 0 Å². The average molecular weight is 360 g/mol. The van der Waals surface area contributed by atoms with Crippen LogP contribution in [-0.2, 0) is 10.0 Å². The first-order valence-corrected chi connectivity index (χ1v) is 7.78. The summed E-state index contributed by atoms with van der Waals surface area (Å²) < 4.78 is 40.6. The second kappa shape index (κ2) is 5.37. The van der Waals surface area contributed by atoms with E-state index in [4.69, 9.17) is 5.73 Å². The van der Waals surface area contributed by atoms with Gasteiger partial charge < -0.3 is 5.73 Å². The van der Waals surface area contributed by atoms with Crippen molar-refractivity contribution in [2.45, 2.75) is 11.8 Å². The standard InChI is InChI=1S/C12H11BrFN3O2S/c1-7-3-2-4-12(16-7)17-20(18,19)11-6-10(15)8(13)5-9(11)14/h2-6H,15H2,1H3,(H,16,17). The van der Waals surface area contributed by atoms with Crippen molar-refractivity contribution in [3.63, 3.8) is 0 Å². The fourth-order valence-corrected chi connectivity index (χ4v) is 2.96. The Morgan fingerprint density at radius 1 is 1.35 bits per heavy atom. The lowest BCUT2D eigenvalue weighted by atomic mass is 10.3. The van der Waals surface area contributed by atoms with Crippen molar-refractivity contribution in [1.29, 1.82) is 0 Å². The van der Waals surface area contributed by atoms with Gasteiger partial charge in [0.2, 0.25) is 0 Å². The third kappa shape index (κ3) is 3.07. The number of nitrogen functional groups attached to an aromatic ring is 1. The highest BCUT2D eigenvalue weighted by atomic mass is 79.9. The van der Waals surface area contributed by atoms with Crippen LogP contribution in [0.5, 0.6) is 0 Å². The first-order valence-electron chi connectivity index (χ1n) is 5.50. The van der Waals surface area contributed by atoms with Gasteiger partial charge in [-0.3, -0.25) is 4.72 Å². The van der Waals surface area contributed by atoms with Gasteiger partial charge in [0.15, 0.2) is 0 Å². The van der Waals surface area contributed by atoms with Crippen molar-refractivity contribution in [3.05, 3.63) is 46.3 Å². The zero-order valence-electron chi connectivity index (χ0n) is 10.4. The zero-order chi connectivity index (χ0) is 14.9. The minimum atomic E-state index is -4.09. The number of nitrogens with zero attached hydrogens (tertiary/aromatic N) is 1. The summed E-state index contributed by atoms with van der Waals surface area (Å²) in [5, 5.41) is 0. The summed E-state index contributed by atoms with van der Waals surface area (Å²) in [6, 6.07) is 6.90. The van der Waals surface area contributed by atoms with Crippen LogP contribution in [0.4, 0.5) is 15.9 Å². The number of pyridine rings is 1. The highest BCUT2D eigenvalue weighted by Gasteiger charge is 2.21. The molecule has 106 valence electrons. The molecule has 0 radical (unpaired) electrons. The summed E-state index contributed by atoms with van der Waals surface area (Å²) in [6.07, 6.45) is 0. The molecule has 1 heterocycles. The lowest BCUT2D eigenvalue weighted by Gasteiger charge is -2.10. The molecule has 0 spiro atoms. The molecule has 0 aliphatic rings. The van der Waals surface area contributed by atoms with E-state index >= 15 is 0 Å². The summed E-state index contributed by atoms with van der Waals surface area (Å²) in [5.74, 6) is -0.780. The highest BCUT2D eigenvalue weighted by molar-refractivity contribution is 9.10. The smallest absolute Gasteiger partial charge is 0.266 e. The minimum Gasteiger partial charge on any atom is -0.398 e. The SMILES string of the molecule is Cc1cccc(NS(=O)(=O)c2cc(N)c(Br)cc2F)n1. The molecule has 0 saturated heterocycles. The fraction of sp³-hybridized carbons (Fsp3) is 0.0833. The van der Waals surface area contributed by atoms with Crippen LogP contribution in [0.25, 0.3) is 0 Å². The highest BCUT2D eigenvalue weighted by Crippen LogP contribution is 2.27. The molecule has 20 heavy (non-hydrogen) atoms. The Balaban J connectivity index is 2.43. The van der Waals surface area contributed by atoms with Crippen molar-refractivity contribution in [2.24, 2.45) is 0 Å². The molecule has 2 rings (SSSR count). The number of halogens is 2. The predicted molar refractivity (Wildman–Crippen MR) is 78.3 cm³/mol. The molecular weight excluding hydrogens is 349 g/mol. The Morgan fingerprint density at radius 3 is 2.70 bits per heavy atom. The van der Waals surface area contributed by atoms with E-state index in [1.54, 1.807) is 19.1 Å². The molecule has 0 unspecified atom stereocenters. The van der Waals surface area contributed by atoms with Crippen molar-refractivity contribution >= 4 is 37.5 Å². The molecule has 0 fully saturated rings. The van der Waals surface area contributed by atoms with E-state index in [1.165, 1.54) is 6.07 Å². The average Bonchev–Trinajstić information content (AvgIpc) is 2.33. The van der Waals surface area contributed by atoms with Crippen molar-refractivity contribution in [1.82, 2.24) is 4.98 Å². The first-order chi connectivity index (χ1) is 9.29. The summed E-state index contributed by atoms with van der Waals surface area (Å²) in [4.78, 5) is 3.47. The molecule has 0 amide bonds. The van der Waals surface area contributed by atoms with Crippen molar-refractivity contribution < 1.29 is 12.8 Å². The summed E-state index contributed by atoms with van der Waals surface area (Å²) in [6.45, 7) is 1.72.